The van der Waals surface area contributed by atoms with Gasteiger partial charge in [0.05, 0.1) is 18.6 Å². The first-order chi connectivity index (χ1) is 13.8. The average molecular weight is 398 g/mol. The molecule has 3 rings (SSSR count). The van der Waals surface area contributed by atoms with Crippen molar-refractivity contribution in [1.29, 1.82) is 0 Å². The van der Waals surface area contributed by atoms with E-state index in [0.29, 0.717) is 10.5 Å². The van der Waals surface area contributed by atoms with E-state index in [2.05, 4.69) is 11.8 Å². The number of halogens is 2. The number of ether oxygens (including phenoxy) is 1. The molecule has 2 aromatic carbocycles. The van der Waals surface area contributed by atoms with E-state index >= 15 is 0 Å². The summed E-state index contributed by atoms with van der Waals surface area (Å²) >= 11 is 0. The Morgan fingerprint density at radius 2 is 1.66 bits per heavy atom. The van der Waals surface area contributed by atoms with Gasteiger partial charge in [0.25, 0.3) is 0 Å². The van der Waals surface area contributed by atoms with E-state index in [1.165, 1.54) is 19.1 Å². The van der Waals surface area contributed by atoms with Gasteiger partial charge in [-0.1, -0.05) is 30.0 Å². The van der Waals surface area contributed by atoms with Gasteiger partial charge in [-0.05, 0) is 31.2 Å². The molecule has 2 aromatic rings. The third-order valence-electron chi connectivity index (χ3n) is 4.89. The molecule has 0 N–H and O–H groups in total. The van der Waals surface area contributed by atoms with Crippen molar-refractivity contribution in [3.8, 4) is 11.8 Å². The second-order valence-corrected chi connectivity index (χ2v) is 7.08. The molecule has 0 aromatic heterocycles. The molecule has 1 aliphatic rings. The molecule has 150 valence electrons. The number of amides is 3. The predicted molar refractivity (Wildman–Crippen MR) is 104 cm³/mol. The first-order valence-electron chi connectivity index (χ1n) is 8.92. The lowest BCUT2D eigenvalue weighted by molar-refractivity contribution is -0.123. The summed E-state index contributed by atoms with van der Waals surface area (Å²) in [6, 6.07) is 10.2. The number of nitrogens with zero attached hydrogens (tertiary/aromatic N) is 2. The van der Waals surface area contributed by atoms with Gasteiger partial charge in [-0.25, -0.2) is 18.5 Å². The summed E-state index contributed by atoms with van der Waals surface area (Å²) in [7, 11) is 2.92. The summed E-state index contributed by atoms with van der Waals surface area (Å²) in [6.07, 6.45) is -0.127. The fourth-order valence-electron chi connectivity index (χ4n) is 3.21. The van der Waals surface area contributed by atoms with Crippen LogP contribution in [-0.4, -0.2) is 43.1 Å². The van der Waals surface area contributed by atoms with Crippen LogP contribution < -0.4 is 4.90 Å². The monoisotopic (exact) mass is 398 g/mol. The number of anilines is 1. The third kappa shape index (κ3) is 3.98. The first kappa shape index (κ1) is 20.5. The molecule has 1 atom stereocenters. The van der Waals surface area contributed by atoms with Crippen LogP contribution in [0.1, 0.15) is 24.5 Å². The number of benzene rings is 2. The largest absolute Gasteiger partial charge is 0.382 e. The van der Waals surface area contributed by atoms with Crippen LogP contribution in [0.25, 0.3) is 0 Å². The number of rotatable bonds is 3. The topological polar surface area (TPSA) is 49.9 Å². The van der Waals surface area contributed by atoms with Crippen LogP contribution in [-0.2, 0) is 9.53 Å². The molecule has 1 fully saturated rings. The van der Waals surface area contributed by atoms with Crippen molar-refractivity contribution in [2.45, 2.75) is 18.9 Å². The molecule has 0 unspecified atom stereocenters. The number of likely N-dealkylation sites (N-methyl/N-ethyl adjacent to an activating group) is 1. The number of carbonyl (C=O) groups is 2. The van der Waals surface area contributed by atoms with Gasteiger partial charge in [-0.15, -0.1) is 0 Å². The maximum Gasteiger partial charge on any atom is 0.331 e. The minimum atomic E-state index is -1.03. The highest BCUT2D eigenvalue weighted by Crippen LogP contribution is 2.33. The molecule has 5 nitrogen and oxygen atoms in total. The molecule has 0 bridgehead atoms. The van der Waals surface area contributed by atoms with Crippen molar-refractivity contribution in [3.63, 3.8) is 0 Å². The molecular weight excluding hydrogens is 378 g/mol. The number of urea groups is 1. The fraction of sp³-hybridized carbons (Fsp3) is 0.273. The van der Waals surface area contributed by atoms with Gasteiger partial charge in [0.15, 0.2) is 11.6 Å². The standard InChI is InChI=1S/C22H20F2N2O3/c1-22(14-29-3)13-19(27)26(21(28)25(22)2)20-17(23)11-16(12-18(20)24)10-9-15-7-5-4-6-8-15/h4-8,11-12H,13-14H2,1-3H3/t22-/m0/s1. The number of imide groups is 1. The van der Waals surface area contributed by atoms with Crippen molar-refractivity contribution in [3.05, 3.63) is 65.2 Å². The Bertz CT molecular complexity index is 991. The number of carbonyl (C=O) groups excluding carboxylic acids is 2. The third-order valence-corrected chi connectivity index (χ3v) is 4.89. The molecule has 0 saturated carbocycles. The molecule has 7 heteroatoms. The Morgan fingerprint density at radius 1 is 1.07 bits per heavy atom. The number of hydrogen-bond acceptors (Lipinski definition) is 3. The summed E-state index contributed by atoms with van der Waals surface area (Å²) in [5.74, 6) is 2.73. The Hall–Kier alpha value is -3.24. The Balaban J connectivity index is 1.95. The maximum absolute atomic E-state index is 14.7. The zero-order chi connectivity index (χ0) is 21.2. The molecule has 0 aliphatic carbocycles. The summed E-state index contributed by atoms with van der Waals surface area (Å²) in [6.45, 7) is 1.80. The average Bonchev–Trinajstić information content (AvgIpc) is 2.68. The molecule has 0 spiro atoms. The highest BCUT2D eigenvalue weighted by atomic mass is 19.1. The Labute approximate surface area is 167 Å². The summed E-state index contributed by atoms with van der Waals surface area (Å²) < 4.78 is 34.6. The zero-order valence-corrected chi connectivity index (χ0v) is 16.3. The Kier molecular flexibility index (Phi) is 5.66. The highest BCUT2D eigenvalue weighted by Gasteiger charge is 2.46. The normalized spacial score (nSPS) is 19.2. The van der Waals surface area contributed by atoms with E-state index in [9.17, 15) is 18.4 Å². The second kappa shape index (κ2) is 8.02. The zero-order valence-electron chi connectivity index (χ0n) is 16.3. The van der Waals surface area contributed by atoms with Gasteiger partial charge in [0.1, 0.15) is 5.69 Å². The van der Waals surface area contributed by atoms with Gasteiger partial charge in [-0.3, -0.25) is 4.79 Å². The highest BCUT2D eigenvalue weighted by molar-refractivity contribution is 6.16. The summed E-state index contributed by atoms with van der Waals surface area (Å²) in [5, 5.41) is 0. The maximum atomic E-state index is 14.7. The second-order valence-electron chi connectivity index (χ2n) is 7.08. The van der Waals surface area contributed by atoms with E-state index < -0.39 is 34.8 Å². The molecular formula is C22H20F2N2O3. The van der Waals surface area contributed by atoms with Gasteiger partial charge < -0.3 is 9.64 Å². The van der Waals surface area contributed by atoms with E-state index in [1.807, 2.05) is 6.07 Å². The van der Waals surface area contributed by atoms with Crippen molar-refractivity contribution < 1.29 is 23.1 Å². The lowest BCUT2D eigenvalue weighted by Crippen LogP contribution is -2.63. The van der Waals surface area contributed by atoms with Gasteiger partial charge in [0, 0.05) is 25.3 Å². The van der Waals surface area contributed by atoms with Crippen LogP contribution in [0.4, 0.5) is 19.3 Å². The fourth-order valence-corrected chi connectivity index (χ4v) is 3.21. The summed E-state index contributed by atoms with van der Waals surface area (Å²) in [5.41, 5.74) is -0.801. The minimum Gasteiger partial charge on any atom is -0.382 e. The minimum absolute atomic E-state index is 0.0992. The molecule has 0 radical (unpaired) electrons. The number of methoxy groups -OCH3 is 1. The van der Waals surface area contributed by atoms with Crippen molar-refractivity contribution >= 4 is 17.6 Å². The summed E-state index contributed by atoms with van der Waals surface area (Å²) in [4.78, 5) is 27.1. The van der Waals surface area contributed by atoms with Crippen LogP contribution >= 0.6 is 0 Å². The van der Waals surface area contributed by atoms with Crippen LogP contribution in [0, 0.1) is 23.5 Å². The predicted octanol–water partition coefficient (Wildman–Crippen LogP) is 3.56. The van der Waals surface area contributed by atoms with Crippen LogP contribution in [0.5, 0.6) is 0 Å². The SMILES string of the molecule is COC[C@]1(C)CC(=O)N(c2c(F)cc(C#Cc3ccccc3)cc2F)C(=O)N1C. The Morgan fingerprint density at radius 3 is 2.24 bits per heavy atom. The van der Waals surface area contributed by atoms with E-state index in [1.54, 1.807) is 31.2 Å². The van der Waals surface area contributed by atoms with Crippen LogP contribution in [0.2, 0.25) is 0 Å². The van der Waals surface area contributed by atoms with E-state index in [0.717, 1.165) is 12.1 Å². The van der Waals surface area contributed by atoms with Gasteiger partial charge in [0.2, 0.25) is 5.91 Å². The van der Waals surface area contributed by atoms with Gasteiger partial charge in [-0.2, -0.15) is 0 Å². The van der Waals surface area contributed by atoms with Crippen molar-refractivity contribution in [1.82, 2.24) is 4.90 Å². The van der Waals surface area contributed by atoms with E-state index in [4.69, 9.17) is 4.74 Å². The van der Waals surface area contributed by atoms with E-state index in [-0.39, 0.29) is 18.6 Å². The van der Waals surface area contributed by atoms with Crippen molar-refractivity contribution in [2.24, 2.45) is 0 Å². The molecule has 3 amide bonds. The lowest BCUT2D eigenvalue weighted by atomic mass is 9.93. The molecule has 1 heterocycles. The van der Waals surface area contributed by atoms with Gasteiger partial charge >= 0.3 is 6.03 Å². The van der Waals surface area contributed by atoms with Crippen LogP contribution in [0.15, 0.2) is 42.5 Å². The molecule has 29 heavy (non-hydrogen) atoms. The number of hydrogen-bond donors (Lipinski definition) is 0. The lowest BCUT2D eigenvalue weighted by Gasteiger charge is -2.45. The molecule has 1 saturated heterocycles. The molecule has 1 aliphatic heterocycles. The quantitative estimate of drug-likeness (QED) is 0.743. The first-order valence-corrected chi connectivity index (χ1v) is 8.92. The van der Waals surface area contributed by atoms with Crippen molar-refractivity contribution in [2.75, 3.05) is 25.7 Å². The van der Waals surface area contributed by atoms with Crippen LogP contribution in [0.3, 0.4) is 0 Å². The smallest absolute Gasteiger partial charge is 0.331 e.